The second-order valence-corrected chi connectivity index (χ2v) is 9.61. The molecule has 5 rings (SSSR count). The lowest BCUT2D eigenvalue weighted by Gasteiger charge is -2.36. The van der Waals surface area contributed by atoms with Gasteiger partial charge in [0.25, 0.3) is 5.91 Å². The second kappa shape index (κ2) is 7.27. The zero-order valence-electron chi connectivity index (χ0n) is 16.6. The number of likely N-dealkylation sites (tertiary alicyclic amines) is 2. The number of rotatable bonds is 5. The van der Waals surface area contributed by atoms with E-state index in [-0.39, 0.29) is 29.6 Å². The number of carbonyl (C=O) groups is 2. The van der Waals surface area contributed by atoms with Crippen molar-refractivity contribution in [2.24, 2.45) is 22.9 Å². The maximum absolute atomic E-state index is 13.3. The highest BCUT2D eigenvalue weighted by Gasteiger charge is 2.51. The molecule has 2 amide bonds. The third kappa shape index (κ3) is 3.29. The Balaban J connectivity index is 1.27. The third-order valence-corrected chi connectivity index (χ3v) is 7.72. The molecule has 2 saturated carbocycles. The number of hydrogen-bond acceptors (Lipinski definition) is 7. The SMILES string of the molecule is CO/N=C(\C(=O)N1C[C@@H]2C[C@H]1CN2C(=O)[C@@H]1CCC[C@H]1C1CC1)c1csc(N)n1. The molecule has 156 valence electrons. The molecule has 1 aromatic heterocycles. The molecule has 2 saturated heterocycles. The van der Waals surface area contributed by atoms with Crippen molar-refractivity contribution >= 4 is 34.0 Å². The second-order valence-electron chi connectivity index (χ2n) is 8.72. The van der Waals surface area contributed by atoms with Gasteiger partial charge in [-0.15, -0.1) is 11.3 Å². The maximum atomic E-state index is 13.3. The minimum atomic E-state index is -0.200. The Morgan fingerprint density at radius 2 is 1.97 bits per heavy atom. The topological polar surface area (TPSA) is 101 Å². The van der Waals surface area contributed by atoms with Gasteiger partial charge >= 0.3 is 0 Å². The van der Waals surface area contributed by atoms with E-state index >= 15 is 0 Å². The molecule has 2 aliphatic heterocycles. The van der Waals surface area contributed by atoms with E-state index in [0.29, 0.717) is 35.7 Å². The van der Waals surface area contributed by atoms with Gasteiger partial charge in [0.1, 0.15) is 12.8 Å². The lowest BCUT2D eigenvalue weighted by Crippen LogP contribution is -2.53. The van der Waals surface area contributed by atoms with Crippen molar-refractivity contribution in [3.05, 3.63) is 11.1 Å². The van der Waals surface area contributed by atoms with E-state index in [9.17, 15) is 9.59 Å². The molecule has 8 nitrogen and oxygen atoms in total. The Morgan fingerprint density at radius 1 is 1.21 bits per heavy atom. The molecule has 0 unspecified atom stereocenters. The summed E-state index contributed by atoms with van der Waals surface area (Å²) < 4.78 is 0. The number of nitrogens with two attached hydrogens (primary N) is 1. The standard InChI is InChI=1S/C20H27N5O3S/c1-28-23-17(16-10-29-20(21)22-16)19(27)25-9-12-7-13(25)8-24(12)18(26)15-4-2-3-14(15)11-5-6-11/h10-15H,2-9H2,1H3,(H2,21,22)/b23-17-/t12-,13-,14-,15+/m0/s1. The summed E-state index contributed by atoms with van der Waals surface area (Å²) >= 11 is 1.27. The normalized spacial score (nSPS) is 31.6. The number of amides is 2. The zero-order chi connectivity index (χ0) is 20.1. The minimum Gasteiger partial charge on any atom is -0.398 e. The molecule has 4 aliphatic rings. The van der Waals surface area contributed by atoms with Gasteiger partial charge in [0.15, 0.2) is 10.8 Å². The summed E-state index contributed by atoms with van der Waals surface area (Å²) in [4.78, 5) is 39.4. The van der Waals surface area contributed by atoms with Gasteiger partial charge in [0, 0.05) is 24.4 Å². The van der Waals surface area contributed by atoms with E-state index in [1.54, 1.807) is 5.38 Å². The van der Waals surface area contributed by atoms with Crippen LogP contribution in [-0.4, -0.2) is 64.6 Å². The maximum Gasteiger partial charge on any atom is 0.278 e. The lowest BCUT2D eigenvalue weighted by atomic mass is 9.90. The van der Waals surface area contributed by atoms with Crippen LogP contribution in [0.2, 0.25) is 0 Å². The number of nitrogen functional groups attached to an aromatic ring is 1. The Morgan fingerprint density at radius 3 is 2.59 bits per heavy atom. The highest BCUT2D eigenvalue weighted by molar-refractivity contribution is 7.13. The van der Waals surface area contributed by atoms with Crippen LogP contribution in [0.25, 0.3) is 0 Å². The number of piperazine rings is 1. The minimum absolute atomic E-state index is 0.0373. The van der Waals surface area contributed by atoms with Crippen LogP contribution in [-0.2, 0) is 14.4 Å². The average molecular weight is 418 g/mol. The van der Waals surface area contributed by atoms with Crippen molar-refractivity contribution < 1.29 is 14.4 Å². The number of carbonyl (C=O) groups excluding carboxylic acids is 2. The first-order valence-corrected chi connectivity index (χ1v) is 11.4. The molecule has 4 atom stereocenters. The lowest BCUT2D eigenvalue weighted by molar-refractivity contribution is -0.141. The molecule has 29 heavy (non-hydrogen) atoms. The number of hydrogen-bond donors (Lipinski definition) is 1. The van der Waals surface area contributed by atoms with Crippen molar-refractivity contribution in [1.29, 1.82) is 0 Å². The van der Waals surface area contributed by atoms with Gasteiger partial charge in [-0.2, -0.15) is 0 Å². The fraction of sp³-hybridized carbons (Fsp3) is 0.700. The van der Waals surface area contributed by atoms with Crippen LogP contribution < -0.4 is 5.73 Å². The fourth-order valence-electron chi connectivity index (χ4n) is 5.60. The molecule has 0 radical (unpaired) electrons. The van der Waals surface area contributed by atoms with Crippen molar-refractivity contribution in [2.75, 3.05) is 25.9 Å². The van der Waals surface area contributed by atoms with E-state index in [4.69, 9.17) is 10.6 Å². The van der Waals surface area contributed by atoms with E-state index in [2.05, 4.69) is 15.0 Å². The van der Waals surface area contributed by atoms with Gasteiger partial charge in [0.05, 0.1) is 12.1 Å². The zero-order valence-corrected chi connectivity index (χ0v) is 17.4. The molecule has 0 spiro atoms. The molecule has 2 bridgehead atoms. The molecule has 1 aromatic rings. The van der Waals surface area contributed by atoms with Gasteiger partial charge in [-0.3, -0.25) is 9.59 Å². The van der Waals surface area contributed by atoms with Crippen LogP contribution >= 0.6 is 11.3 Å². The number of aromatic nitrogens is 1. The first-order chi connectivity index (χ1) is 14.1. The van der Waals surface area contributed by atoms with Gasteiger partial charge in [-0.05, 0) is 43.9 Å². The summed E-state index contributed by atoms with van der Waals surface area (Å²) in [6, 6.07) is 0.150. The van der Waals surface area contributed by atoms with Gasteiger partial charge < -0.3 is 20.4 Å². The summed E-state index contributed by atoms with van der Waals surface area (Å²) in [7, 11) is 1.41. The molecular weight excluding hydrogens is 390 g/mol. The van der Waals surface area contributed by atoms with Crippen molar-refractivity contribution in [3.63, 3.8) is 0 Å². The van der Waals surface area contributed by atoms with Gasteiger partial charge in [0.2, 0.25) is 5.91 Å². The number of fused-ring (bicyclic) bond motifs is 2. The molecular formula is C20H27N5O3S. The van der Waals surface area contributed by atoms with Crippen LogP contribution in [0.15, 0.2) is 10.5 Å². The summed E-state index contributed by atoms with van der Waals surface area (Å²) in [5, 5.41) is 6.03. The summed E-state index contributed by atoms with van der Waals surface area (Å²) in [5.41, 5.74) is 6.33. The Labute approximate surface area is 174 Å². The van der Waals surface area contributed by atoms with Crippen LogP contribution in [0.5, 0.6) is 0 Å². The van der Waals surface area contributed by atoms with Gasteiger partial charge in [-0.25, -0.2) is 4.98 Å². The summed E-state index contributed by atoms with van der Waals surface area (Å²) in [6.45, 7) is 1.18. The van der Waals surface area contributed by atoms with E-state index in [1.807, 2.05) is 4.90 Å². The predicted molar refractivity (Wildman–Crippen MR) is 109 cm³/mol. The molecule has 0 aromatic carbocycles. The van der Waals surface area contributed by atoms with Crippen molar-refractivity contribution in [2.45, 2.75) is 50.6 Å². The first-order valence-electron chi connectivity index (χ1n) is 10.5. The van der Waals surface area contributed by atoms with Crippen LogP contribution in [0, 0.1) is 17.8 Å². The van der Waals surface area contributed by atoms with Crippen molar-refractivity contribution in [3.8, 4) is 0 Å². The highest BCUT2D eigenvalue weighted by atomic mass is 32.1. The highest BCUT2D eigenvalue weighted by Crippen LogP contribution is 2.49. The van der Waals surface area contributed by atoms with Crippen LogP contribution in [0.1, 0.15) is 44.2 Å². The fourth-order valence-corrected chi connectivity index (χ4v) is 6.15. The predicted octanol–water partition coefficient (Wildman–Crippen LogP) is 1.71. The number of nitrogens with zero attached hydrogens (tertiary/aromatic N) is 4. The Hall–Kier alpha value is -2.16. The quantitative estimate of drug-likeness (QED) is 0.581. The van der Waals surface area contributed by atoms with E-state index in [1.165, 1.54) is 44.1 Å². The van der Waals surface area contributed by atoms with Crippen molar-refractivity contribution in [1.82, 2.24) is 14.8 Å². The largest absolute Gasteiger partial charge is 0.398 e. The number of oxime groups is 1. The number of thiazole rings is 1. The van der Waals surface area contributed by atoms with E-state index < -0.39 is 0 Å². The molecule has 9 heteroatoms. The summed E-state index contributed by atoms with van der Waals surface area (Å²) in [5.74, 6) is 1.71. The summed E-state index contributed by atoms with van der Waals surface area (Å²) in [6.07, 6.45) is 6.86. The monoisotopic (exact) mass is 417 g/mol. The Bertz CT molecular complexity index is 851. The van der Waals surface area contributed by atoms with Gasteiger partial charge in [-0.1, -0.05) is 11.6 Å². The van der Waals surface area contributed by atoms with Crippen LogP contribution in [0.3, 0.4) is 0 Å². The average Bonchev–Trinajstić information content (AvgIpc) is 3.13. The molecule has 2 N–H and O–H groups in total. The Kier molecular flexibility index (Phi) is 4.72. The molecule has 3 heterocycles. The first kappa shape index (κ1) is 18.8. The smallest absolute Gasteiger partial charge is 0.278 e. The van der Waals surface area contributed by atoms with Crippen LogP contribution in [0.4, 0.5) is 5.13 Å². The molecule has 4 fully saturated rings. The van der Waals surface area contributed by atoms with E-state index in [0.717, 1.165) is 18.8 Å². The molecule has 2 aliphatic carbocycles. The number of anilines is 1. The third-order valence-electron chi connectivity index (χ3n) is 7.05.